The van der Waals surface area contributed by atoms with Gasteiger partial charge in [0.15, 0.2) is 6.19 Å². The average Bonchev–Trinajstić information content (AvgIpc) is 3.27. The van der Waals surface area contributed by atoms with E-state index >= 15 is 0 Å². The molecule has 1 N–H and O–H groups in total. The highest BCUT2D eigenvalue weighted by molar-refractivity contribution is 5.95. The molecule has 2 aromatic carbocycles. The molecule has 3 aromatic rings. The molecule has 1 atom stereocenters. The Hall–Kier alpha value is -3.40. The molecule has 0 radical (unpaired) electrons. The monoisotopic (exact) mass is 363 g/mol. The van der Waals surface area contributed by atoms with Crippen LogP contribution in [0, 0.1) is 17.3 Å². The molecule has 0 saturated carbocycles. The van der Waals surface area contributed by atoms with E-state index in [9.17, 15) is 9.18 Å². The Morgan fingerprint density at radius 3 is 2.81 bits per heavy atom. The number of fused-ring (bicyclic) bond motifs is 1. The number of aryl methyl sites for hydroxylation is 1. The predicted octanol–water partition coefficient (Wildman–Crippen LogP) is 2.66. The molecule has 1 amide bonds. The minimum Gasteiger partial charge on any atom is -0.347 e. The normalized spacial score (nSPS) is 16.5. The van der Waals surface area contributed by atoms with Gasteiger partial charge in [0.25, 0.3) is 5.91 Å². The third-order valence-electron chi connectivity index (χ3n) is 4.96. The minimum atomic E-state index is -0.564. The molecule has 6 nitrogen and oxygen atoms in total. The summed E-state index contributed by atoms with van der Waals surface area (Å²) >= 11 is 0. The standard InChI is InChI=1S/C20H18FN5O/c1-25-19-5-3-13(8-15(19)10-23-25)14-2-4-17(18(21)9-14)20(27)24-16-6-7-26(11-16)12-22/h2-5,8-10,16H,6-7,11H2,1H3,(H,24,27)/t16-/m1/s1. The molecule has 0 aliphatic carbocycles. The zero-order valence-electron chi connectivity index (χ0n) is 14.8. The Kier molecular flexibility index (Phi) is 4.24. The van der Waals surface area contributed by atoms with E-state index in [4.69, 9.17) is 5.26 Å². The van der Waals surface area contributed by atoms with Gasteiger partial charge in [-0.1, -0.05) is 12.1 Å². The fraction of sp³-hybridized carbons (Fsp3) is 0.250. The van der Waals surface area contributed by atoms with E-state index in [1.807, 2.05) is 25.2 Å². The molecular weight excluding hydrogens is 345 g/mol. The van der Waals surface area contributed by atoms with Gasteiger partial charge in [0, 0.05) is 31.6 Å². The second-order valence-electron chi connectivity index (χ2n) is 6.74. The summed E-state index contributed by atoms with van der Waals surface area (Å²) in [5.74, 6) is -1.02. The van der Waals surface area contributed by atoms with Gasteiger partial charge < -0.3 is 10.2 Å². The fourth-order valence-corrected chi connectivity index (χ4v) is 3.45. The van der Waals surface area contributed by atoms with Crippen LogP contribution in [-0.4, -0.2) is 39.7 Å². The van der Waals surface area contributed by atoms with Crippen molar-refractivity contribution < 1.29 is 9.18 Å². The number of benzene rings is 2. The van der Waals surface area contributed by atoms with Crippen molar-refractivity contribution in [3.05, 3.63) is 54.0 Å². The number of carbonyl (C=O) groups is 1. The summed E-state index contributed by atoms with van der Waals surface area (Å²) in [6.45, 7) is 1.08. The first-order chi connectivity index (χ1) is 13.0. The number of rotatable bonds is 3. The van der Waals surface area contributed by atoms with Crippen molar-refractivity contribution in [3.8, 4) is 17.3 Å². The van der Waals surface area contributed by atoms with E-state index in [0.717, 1.165) is 16.5 Å². The van der Waals surface area contributed by atoms with E-state index in [0.29, 0.717) is 25.1 Å². The first-order valence-corrected chi connectivity index (χ1v) is 8.72. The van der Waals surface area contributed by atoms with Crippen molar-refractivity contribution >= 4 is 16.8 Å². The highest BCUT2D eigenvalue weighted by Gasteiger charge is 2.24. The van der Waals surface area contributed by atoms with Crippen LogP contribution in [0.15, 0.2) is 42.6 Å². The second kappa shape index (κ2) is 6.72. The number of likely N-dealkylation sites (tertiary alicyclic amines) is 1. The van der Waals surface area contributed by atoms with Crippen LogP contribution in [0.4, 0.5) is 4.39 Å². The van der Waals surface area contributed by atoms with Crippen LogP contribution in [0.2, 0.25) is 0 Å². The van der Waals surface area contributed by atoms with E-state index in [1.54, 1.807) is 21.8 Å². The molecule has 1 aliphatic heterocycles. The summed E-state index contributed by atoms with van der Waals surface area (Å²) in [6, 6.07) is 10.3. The van der Waals surface area contributed by atoms with Gasteiger partial charge in [-0.05, 0) is 41.8 Å². The molecule has 7 heteroatoms. The molecule has 0 spiro atoms. The number of hydrogen-bond donors (Lipinski definition) is 1. The molecule has 4 rings (SSSR count). The van der Waals surface area contributed by atoms with Crippen LogP contribution in [-0.2, 0) is 7.05 Å². The van der Waals surface area contributed by atoms with Crippen molar-refractivity contribution in [2.24, 2.45) is 7.05 Å². The lowest BCUT2D eigenvalue weighted by Crippen LogP contribution is -2.36. The Labute approximate surface area is 155 Å². The molecule has 1 saturated heterocycles. The summed E-state index contributed by atoms with van der Waals surface area (Å²) in [5.41, 5.74) is 2.57. The van der Waals surface area contributed by atoms with Crippen LogP contribution < -0.4 is 5.32 Å². The molecule has 0 bridgehead atoms. The first kappa shape index (κ1) is 17.0. The number of carbonyl (C=O) groups excluding carboxylic acids is 1. The third-order valence-corrected chi connectivity index (χ3v) is 4.96. The third kappa shape index (κ3) is 3.22. The van der Waals surface area contributed by atoms with Crippen LogP contribution in [0.3, 0.4) is 0 Å². The molecule has 136 valence electrons. The minimum absolute atomic E-state index is 0.0108. The van der Waals surface area contributed by atoms with Crippen LogP contribution >= 0.6 is 0 Å². The lowest BCUT2D eigenvalue weighted by atomic mass is 10.0. The van der Waals surface area contributed by atoms with Crippen molar-refractivity contribution in [1.29, 1.82) is 5.26 Å². The van der Waals surface area contributed by atoms with E-state index < -0.39 is 11.7 Å². The Morgan fingerprint density at radius 1 is 1.30 bits per heavy atom. The van der Waals surface area contributed by atoms with Gasteiger partial charge in [0.2, 0.25) is 0 Å². The smallest absolute Gasteiger partial charge is 0.254 e. The summed E-state index contributed by atoms with van der Waals surface area (Å²) in [6.07, 6.45) is 4.51. The van der Waals surface area contributed by atoms with Gasteiger partial charge in [-0.25, -0.2) is 4.39 Å². The molecular formula is C20H18FN5O. The van der Waals surface area contributed by atoms with E-state index in [2.05, 4.69) is 16.6 Å². The quantitative estimate of drug-likeness (QED) is 0.726. The SMILES string of the molecule is Cn1ncc2cc(-c3ccc(C(=O)N[C@@H]4CCN(C#N)C4)c(F)c3)ccc21. The van der Waals surface area contributed by atoms with Crippen molar-refractivity contribution in [1.82, 2.24) is 20.0 Å². The number of hydrogen-bond acceptors (Lipinski definition) is 4. The maximum Gasteiger partial charge on any atom is 0.254 e. The van der Waals surface area contributed by atoms with Crippen LogP contribution in [0.1, 0.15) is 16.8 Å². The zero-order valence-corrected chi connectivity index (χ0v) is 14.8. The Morgan fingerprint density at radius 2 is 2.07 bits per heavy atom. The van der Waals surface area contributed by atoms with Gasteiger partial charge >= 0.3 is 0 Å². The number of nitriles is 1. The maximum absolute atomic E-state index is 14.6. The topological polar surface area (TPSA) is 74.0 Å². The van der Waals surface area contributed by atoms with Gasteiger partial charge in [-0.3, -0.25) is 9.48 Å². The highest BCUT2D eigenvalue weighted by atomic mass is 19.1. The number of nitrogens with one attached hydrogen (secondary N) is 1. The predicted molar refractivity (Wildman–Crippen MR) is 99.2 cm³/mol. The largest absolute Gasteiger partial charge is 0.347 e. The summed E-state index contributed by atoms with van der Waals surface area (Å²) in [7, 11) is 1.87. The Balaban J connectivity index is 1.54. The number of amides is 1. The molecule has 2 heterocycles. The number of halogens is 1. The fourth-order valence-electron chi connectivity index (χ4n) is 3.45. The van der Waals surface area contributed by atoms with Crippen molar-refractivity contribution in [3.63, 3.8) is 0 Å². The molecule has 1 aromatic heterocycles. The molecule has 1 fully saturated rings. The summed E-state index contributed by atoms with van der Waals surface area (Å²) in [4.78, 5) is 14.0. The lowest BCUT2D eigenvalue weighted by molar-refractivity contribution is 0.0935. The number of aromatic nitrogens is 2. The van der Waals surface area contributed by atoms with Crippen LogP contribution in [0.25, 0.3) is 22.0 Å². The highest BCUT2D eigenvalue weighted by Crippen LogP contribution is 2.26. The summed E-state index contributed by atoms with van der Waals surface area (Å²) in [5, 5.41) is 16.9. The van der Waals surface area contributed by atoms with E-state index in [1.165, 1.54) is 12.1 Å². The van der Waals surface area contributed by atoms with Gasteiger partial charge in [-0.15, -0.1) is 0 Å². The first-order valence-electron chi connectivity index (χ1n) is 8.72. The van der Waals surface area contributed by atoms with Crippen molar-refractivity contribution in [2.45, 2.75) is 12.5 Å². The maximum atomic E-state index is 14.6. The van der Waals surface area contributed by atoms with Crippen LogP contribution in [0.5, 0.6) is 0 Å². The van der Waals surface area contributed by atoms with E-state index in [-0.39, 0.29) is 11.6 Å². The Bertz CT molecular complexity index is 1070. The van der Waals surface area contributed by atoms with Crippen molar-refractivity contribution in [2.75, 3.05) is 13.1 Å². The van der Waals surface area contributed by atoms with Gasteiger partial charge in [0.05, 0.1) is 17.3 Å². The molecule has 27 heavy (non-hydrogen) atoms. The molecule has 1 aliphatic rings. The number of nitrogens with zero attached hydrogens (tertiary/aromatic N) is 4. The summed E-state index contributed by atoms with van der Waals surface area (Å²) < 4.78 is 16.4. The molecule has 0 unspecified atom stereocenters. The van der Waals surface area contributed by atoms with Gasteiger partial charge in [-0.2, -0.15) is 10.4 Å². The second-order valence-corrected chi connectivity index (χ2v) is 6.74. The lowest BCUT2D eigenvalue weighted by Gasteiger charge is -2.13. The van der Waals surface area contributed by atoms with Gasteiger partial charge in [0.1, 0.15) is 5.82 Å². The average molecular weight is 363 g/mol. The zero-order chi connectivity index (χ0) is 19.0.